The SMILES string of the molecule is CC[C@@H](CC1COC(N)=N1)Oc1cc(OCc2ccccc2)cc(OCc2ccccc2)c1. The molecule has 33 heavy (non-hydrogen) atoms. The van der Waals surface area contributed by atoms with Crippen LogP contribution in [0, 0.1) is 0 Å². The molecule has 0 aromatic heterocycles. The Morgan fingerprint density at radius 1 is 0.879 bits per heavy atom. The second kappa shape index (κ2) is 11.3. The Hall–Kier alpha value is -3.67. The van der Waals surface area contributed by atoms with Crippen LogP contribution in [0.4, 0.5) is 0 Å². The lowest BCUT2D eigenvalue weighted by molar-refractivity contribution is 0.166. The van der Waals surface area contributed by atoms with Gasteiger partial charge in [-0.2, -0.15) is 0 Å². The molecule has 3 aromatic carbocycles. The number of ether oxygens (including phenoxy) is 4. The first-order valence-electron chi connectivity index (χ1n) is 11.3. The maximum Gasteiger partial charge on any atom is 0.282 e. The summed E-state index contributed by atoms with van der Waals surface area (Å²) in [5.41, 5.74) is 7.84. The molecule has 1 unspecified atom stereocenters. The van der Waals surface area contributed by atoms with E-state index in [9.17, 15) is 0 Å². The van der Waals surface area contributed by atoms with E-state index in [1.807, 2.05) is 78.9 Å². The summed E-state index contributed by atoms with van der Waals surface area (Å²) >= 11 is 0. The third kappa shape index (κ3) is 6.91. The van der Waals surface area contributed by atoms with Crippen LogP contribution in [0.3, 0.4) is 0 Å². The number of hydrogen-bond donors (Lipinski definition) is 1. The molecule has 0 radical (unpaired) electrons. The zero-order valence-corrected chi connectivity index (χ0v) is 18.9. The van der Waals surface area contributed by atoms with E-state index < -0.39 is 0 Å². The second-order valence-electron chi connectivity index (χ2n) is 8.00. The number of amidine groups is 1. The van der Waals surface area contributed by atoms with Gasteiger partial charge in [0.2, 0.25) is 0 Å². The van der Waals surface area contributed by atoms with Crippen molar-refractivity contribution in [2.24, 2.45) is 10.7 Å². The van der Waals surface area contributed by atoms with Crippen molar-refractivity contribution in [1.82, 2.24) is 0 Å². The summed E-state index contributed by atoms with van der Waals surface area (Å²) in [6.07, 6.45) is 1.54. The second-order valence-corrected chi connectivity index (χ2v) is 8.00. The molecule has 3 aromatic rings. The molecule has 6 heteroatoms. The van der Waals surface area contributed by atoms with Crippen molar-refractivity contribution in [3.8, 4) is 17.2 Å². The van der Waals surface area contributed by atoms with Gasteiger partial charge in [0.1, 0.15) is 43.2 Å². The zero-order chi connectivity index (χ0) is 22.9. The molecule has 0 saturated heterocycles. The third-order valence-corrected chi connectivity index (χ3v) is 5.38. The van der Waals surface area contributed by atoms with Crippen LogP contribution in [-0.4, -0.2) is 24.8 Å². The normalized spacial score (nSPS) is 15.9. The molecule has 2 atom stereocenters. The third-order valence-electron chi connectivity index (χ3n) is 5.38. The molecule has 1 heterocycles. The number of rotatable bonds is 11. The summed E-state index contributed by atoms with van der Waals surface area (Å²) in [4.78, 5) is 4.32. The highest BCUT2D eigenvalue weighted by atomic mass is 16.5. The van der Waals surface area contributed by atoms with Crippen LogP contribution in [0.2, 0.25) is 0 Å². The van der Waals surface area contributed by atoms with Crippen LogP contribution in [-0.2, 0) is 18.0 Å². The van der Waals surface area contributed by atoms with Gasteiger partial charge in [-0.3, -0.25) is 0 Å². The molecule has 0 amide bonds. The molecule has 172 valence electrons. The predicted molar refractivity (Wildman–Crippen MR) is 129 cm³/mol. The first-order valence-corrected chi connectivity index (χ1v) is 11.3. The molecule has 1 aliphatic rings. The molecule has 0 aliphatic carbocycles. The van der Waals surface area contributed by atoms with E-state index in [1.54, 1.807) is 0 Å². The van der Waals surface area contributed by atoms with Gasteiger partial charge < -0.3 is 24.7 Å². The standard InChI is InChI=1S/C27H30N2O4/c1-2-23(13-22-19-32-27(28)29-22)33-26-15-24(30-17-20-9-5-3-6-10-20)14-25(16-26)31-18-21-11-7-4-8-12-21/h3-12,14-16,22-23H,2,13,17-19H2,1H3,(H2,28,29)/t22?,23-/m0/s1. The highest BCUT2D eigenvalue weighted by Crippen LogP contribution is 2.31. The number of nitrogens with zero attached hydrogens (tertiary/aromatic N) is 1. The molecular formula is C27H30N2O4. The van der Waals surface area contributed by atoms with Gasteiger partial charge in [0, 0.05) is 24.6 Å². The van der Waals surface area contributed by atoms with Crippen LogP contribution in [0.1, 0.15) is 30.9 Å². The monoisotopic (exact) mass is 446 g/mol. The van der Waals surface area contributed by atoms with Crippen LogP contribution >= 0.6 is 0 Å². The predicted octanol–water partition coefficient (Wildman–Crippen LogP) is 5.11. The van der Waals surface area contributed by atoms with Gasteiger partial charge >= 0.3 is 0 Å². The molecule has 0 saturated carbocycles. The average Bonchev–Trinajstić information content (AvgIpc) is 3.26. The fraction of sp³-hybridized carbons (Fsp3) is 0.296. The average molecular weight is 447 g/mol. The van der Waals surface area contributed by atoms with Crippen molar-refractivity contribution in [3.63, 3.8) is 0 Å². The fourth-order valence-electron chi connectivity index (χ4n) is 3.61. The van der Waals surface area contributed by atoms with Gasteiger partial charge in [0.15, 0.2) is 0 Å². The van der Waals surface area contributed by atoms with Gasteiger partial charge in [-0.1, -0.05) is 67.6 Å². The van der Waals surface area contributed by atoms with Crippen molar-refractivity contribution >= 4 is 6.02 Å². The van der Waals surface area contributed by atoms with Crippen molar-refractivity contribution in [2.45, 2.75) is 45.1 Å². The van der Waals surface area contributed by atoms with Crippen LogP contribution in [0.15, 0.2) is 83.9 Å². The lowest BCUT2D eigenvalue weighted by Gasteiger charge is -2.20. The van der Waals surface area contributed by atoms with Crippen molar-refractivity contribution in [3.05, 3.63) is 90.0 Å². The maximum atomic E-state index is 6.32. The summed E-state index contributed by atoms with van der Waals surface area (Å²) in [5, 5.41) is 0. The largest absolute Gasteiger partial charge is 0.490 e. The van der Waals surface area contributed by atoms with E-state index in [4.69, 9.17) is 24.7 Å². The Kier molecular flexibility index (Phi) is 7.69. The topological polar surface area (TPSA) is 75.3 Å². The fourth-order valence-corrected chi connectivity index (χ4v) is 3.61. The van der Waals surface area contributed by atoms with E-state index >= 15 is 0 Å². The smallest absolute Gasteiger partial charge is 0.282 e. The first kappa shape index (κ1) is 22.5. The summed E-state index contributed by atoms with van der Waals surface area (Å²) < 4.78 is 23.7. The number of hydrogen-bond acceptors (Lipinski definition) is 6. The minimum Gasteiger partial charge on any atom is -0.490 e. The van der Waals surface area contributed by atoms with E-state index in [0.29, 0.717) is 37.1 Å². The zero-order valence-electron chi connectivity index (χ0n) is 18.9. The molecular weight excluding hydrogens is 416 g/mol. The molecule has 6 nitrogen and oxygen atoms in total. The number of aliphatic imine (C=N–C) groups is 1. The molecule has 1 aliphatic heterocycles. The van der Waals surface area contributed by atoms with Crippen molar-refractivity contribution in [2.75, 3.05) is 6.61 Å². The van der Waals surface area contributed by atoms with Gasteiger partial charge in [0.25, 0.3) is 6.02 Å². The quantitative estimate of drug-likeness (QED) is 0.443. The van der Waals surface area contributed by atoms with Crippen molar-refractivity contribution < 1.29 is 18.9 Å². The lowest BCUT2D eigenvalue weighted by atomic mass is 10.1. The van der Waals surface area contributed by atoms with Crippen LogP contribution in [0.5, 0.6) is 17.2 Å². The maximum absolute atomic E-state index is 6.32. The molecule has 0 fully saturated rings. The first-order chi connectivity index (χ1) is 16.2. The Balaban J connectivity index is 1.48. The molecule has 4 rings (SSSR count). The Labute approximate surface area is 195 Å². The van der Waals surface area contributed by atoms with E-state index in [0.717, 1.165) is 24.0 Å². The van der Waals surface area contributed by atoms with E-state index in [1.165, 1.54) is 0 Å². The summed E-state index contributed by atoms with van der Waals surface area (Å²) in [7, 11) is 0. The summed E-state index contributed by atoms with van der Waals surface area (Å²) in [6, 6.07) is 26.1. The van der Waals surface area contributed by atoms with Gasteiger partial charge in [0.05, 0.1) is 6.04 Å². The molecule has 2 N–H and O–H groups in total. The van der Waals surface area contributed by atoms with E-state index in [-0.39, 0.29) is 18.2 Å². The van der Waals surface area contributed by atoms with Gasteiger partial charge in [-0.05, 0) is 17.5 Å². The summed E-state index contributed by atoms with van der Waals surface area (Å²) in [5.74, 6) is 2.09. The Bertz CT molecular complexity index is 979. The summed E-state index contributed by atoms with van der Waals surface area (Å²) in [6.45, 7) is 3.52. The number of benzene rings is 3. The highest BCUT2D eigenvalue weighted by Gasteiger charge is 2.22. The van der Waals surface area contributed by atoms with Gasteiger partial charge in [-0.15, -0.1) is 0 Å². The number of nitrogens with two attached hydrogens (primary N) is 1. The lowest BCUT2D eigenvalue weighted by Crippen LogP contribution is -2.22. The minimum absolute atomic E-state index is 0.0151. The molecule has 0 bridgehead atoms. The molecule has 0 spiro atoms. The van der Waals surface area contributed by atoms with E-state index in [2.05, 4.69) is 11.9 Å². The minimum atomic E-state index is -0.0282. The Morgan fingerprint density at radius 3 is 1.91 bits per heavy atom. The highest BCUT2D eigenvalue weighted by molar-refractivity contribution is 5.73. The van der Waals surface area contributed by atoms with Gasteiger partial charge in [-0.25, -0.2) is 4.99 Å². The van der Waals surface area contributed by atoms with Crippen LogP contribution < -0.4 is 19.9 Å². The Morgan fingerprint density at radius 2 is 1.42 bits per heavy atom. The van der Waals surface area contributed by atoms with Crippen molar-refractivity contribution in [1.29, 1.82) is 0 Å². The van der Waals surface area contributed by atoms with Crippen LogP contribution in [0.25, 0.3) is 0 Å².